The molecule has 52 heavy (non-hydrogen) atoms. The van der Waals surface area contributed by atoms with Crippen LogP contribution >= 0.6 is 0 Å². The SMILES string of the molecule is O=C1CCC(Nc2cccc(CN3CCN(c4ccc5c(c4)nc(NC(=O)c4cccc(C(F)(F)F)c4)n5C4CCC(CO)CC4)CC3)c2)C(=O)N1. The number of hydrogen-bond donors (Lipinski definition) is 4. The number of halogens is 3. The number of benzene rings is 3. The van der Waals surface area contributed by atoms with Crippen LogP contribution in [0.3, 0.4) is 0 Å². The number of aliphatic hydroxyl groups is 1. The monoisotopic (exact) mass is 717 g/mol. The maximum atomic E-state index is 13.4. The summed E-state index contributed by atoms with van der Waals surface area (Å²) in [6.45, 7) is 4.08. The first-order chi connectivity index (χ1) is 25.0. The van der Waals surface area contributed by atoms with Gasteiger partial charge in [0.05, 0.1) is 16.6 Å². The van der Waals surface area contributed by atoms with E-state index in [0.717, 1.165) is 93.0 Å². The number of carbonyl (C=O) groups excluding carboxylic acids is 3. The van der Waals surface area contributed by atoms with Gasteiger partial charge in [-0.1, -0.05) is 18.2 Å². The van der Waals surface area contributed by atoms with Gasteiger partial charge >= 0.3 is 6.18 Å². The average Bonchev–Trinajstić information content (AvgIpc) is 3.50. The van der Waals surface area contributed by atoms with Gasteiger partial charge in [-0.15, -0.1) is 0 Å². The zero-order chi connectivity index (χ0) is 36.4. The standard InChI is InChI=1S/C38H42F3N7O4/c39-38(40,41)27-5-2-4-26(20-27)35(51)45-37-43-32-21-30(11-13-33(32)48(37)29-9-7-24(23-49)8-10-29)47-17-15-46(16-18-47)22-25-3-1-6-28(19-25)42-31-12-14-34(50)44-36(31)52/h1-6,11,13,19-21,24,29,31,42,49H,7-10,12,14-18,22-23H2,(H,43,45,51)(H,44,50,52). The lowest BCUT2D eigenvalue weighted by Crippen LogP contribution is -2.47. The summed E-state index contributed by atoms with van der Waals surface area (Å²) in [5.41, 5.74) is 3.47. The molecule has 0 radical (unpaired) electrons. The zero-order valence-corrected chi connectivity index (χ0v) is 28.7. The summed E-state index contributed by atoms with van der Waals surface area (Å²) in [4.78, 5) is 46.5. The number of imide groups is 1. The largest absolute Gasteiger partial charge is 0.416 e. The van der Waals surface area contributed by atoms with Crippen LogP contribution in [-0.2, 0) is 22.3 Å². The molecule has 1 atom stereocenters. The van der Waals surface area contributed by atoms with Crippen LogP contribution in [0.25, 0.3) is 11.0 Å². The number of piperidine rings is 1. The molecule has 274 valence electrons. The minimum atomic E-state index is -4.57. The molecule has 1 unspecified atom stereocenters. The Kier molecular flexibility index (Phi) is 10.2. The number of anilines is 3. The summed E-state index contributed by atoms with van der Waals surface area (Å²) in [6, 6.07) is 18.0. The summed E-state index contributed by atoms with van der Waals surface area (Å²) >= 11 is 0. The van der Waals surface area contributed by atoms with Gasteiger partial charge in [0.2, 0.25) is 17.8 Å². The molecule has 2 saturated heterocycles. The van der Waals surface area contributed by atoms with Crippen molar-refractivity contribution in [3.05, 3.63) is 83.4 Å². The highest BCUT2D eigenvalue weighted by Crippen LogP contribution is 2.38. The Balaban J connectivity index is 1.04. The van der Waals surface area contributed by atoms with Gasteiger partial charge in [-0.2, -0.15) is 13.2 Å². The van der Waals surface area contributed by atoms with Crippen LogP contribution in [-0.4, -0.2) is 76.1 Å². The maximum Gasteiger partial charge on any atom is 0.416 e. The van der Waals surface area contributed by atoms with E-state index in [1.165, 1.54) is 12.1 Å². The van der Waals surface area contributed by atoms with Crippen LogP contribution in [0.15, 0.2) is 66.7 Å². The smallest absolute Gasteiger partial charge is 0.396 e. The van der Waals surface area contributed by atoms with Gasteiger partial charge in [0, 0.05) is 68.7 Å². The predicted molar refractivity (Wildman–Crippen MR) is 191 cm³/mol. The summed E-state index contributed by atoms with van der Waals surface area (Å²) in [7, 11) is 0. The topological polar surface area (TPSA) is 132 Å². The lowest BCUT2D eigenvalue weighted by Gasteiger charge is -2.36. The molecule has 3 aromatic carbocycles. The first kappa shape index (κ1) is 35.5. The van der Waals surface area contributed by atoms with Gasteiger partial charge in [-0.05, 0) is 92.1 Å². The molecule has 3 fully saturated rings. The van der Waals surface area contributed by atoms with Crippen LogP contribution < -0.4 is 20.9 Å². The van der Waals surface area contributed by atoms with Gasteiger partial charge in [0.15, 0.2) is 0 Å². The molecule has 1 aromatic heterocycles. The van der Waals surface area contributed by atoms with Crippen molar-refractivity contribution in [2.24, 2.45) is 5.92 Å². The number of amides is 3. The fourth-order valence-electron chi connectivity index (χ4n) is 7.55. The maximum absolute atomic E-state index is 13.4. The van der Waals surface area contributed by atoms with Crippen molar-refractivity contribution in [2.75, 3.05) is 48.3 Å². The van der Waals surface area contributed by atoms with E-state index in [4.69, 9.17) is 4.98 Å². The van der Waals surface area contributed by atoms with Gasteiger partial charge in [-0.3, -0.25) is 29.9 Å². The molecular formula is C38H42F3N7O4. The first-order valence-electron chi connectivity index (χ1n) is 17.8. The van der Waals surface area contributed by atoms with Crippen molar-refractivity contribution in [1.29, 1.82) is 0 Å². The predicted octanol–water partition coefficient (Wildman–Crippen LogP) is 5.57. The molecule has 3 heterocycles. The summed E-state index contributed by atoms with van der Waals surface area (Å²) < 4.78 is 42.2. The van der Waals surface area contributed by atoms with Crippen LogP contribution in [0.5, 0.6) is 0 Å². The zero-order valence-electron chi connectivity index (χ0n) is 28.7. The number of nitrogens with one attached hydrogen (secondary N) is 3. The number of hydrogen-bond acceptors (Lipinski definition) is 8. The first-order valence-corrected chi connectivity index (χ1v) is 17.8. The van der Waals surface area contributed by atoms with E-state index < -0.39 is 23.7 Å². The molecule has 4 N–H and O–H groups in total. The minimum Gasteiger partial charge on any atom is -0.396 e. The third kappa shape index (κ3) is 7.92. The molecule has 11 nitrogen and oxygen atoms in total. The molecule has 1 saturated carbocycles. The highest BCUT2D eigenvalue weighted by atomic mass is 19.4. The van der Waals surface area contributed by atoms with Gasteiger partial charge in [0.1, 0.15) is 6.04 Å². The molecule has 0 spiro atoms. The van der Waals surface area contributed by atoms with Crippen LogP contribution in [0.1, 0.15) is 66.1 Å². The average molecular weight is 718 g/mol. The molecule has 3 aliphatic rings. The number of rotatable bonds is 9. The Morgan fingerprint density at radius 2 is 1.69 bits per heavy atom. The van der Waals surface area contributed by atoms with E-state index in [9.17, 15) is 32.7 Å². The van der Waals surface area contributed by atoms with Gasteiger partial charge < -0.3 is 19.9 Å². The number of aromatic nitrogens is 2. The Morgan fingerprint density at radius 1 is 0.923 bits per heavy atom. The van der Waals surface area contributed by atoms with Crippen LogP contribution in [0.2, 0.25) is 0 Å². The molecule has 4 aromatic rings. The highest BCUT2D eigenvalue weighted by molar-refractivity contribution is 6.04. The third-order valence-electron chi connectivity index (χ3n) is 10.4. The normalized spacial score (nSPS) is 21.6. The van der Waals surface area contributed by atoms with Crippen molar-refractivity contribution in [3.63, 3.8) is 0 Å². The Bertz CT molecular complexity index is 1950. The quantitative estimate of drug-likeness (QED) is 0.165. The molecule has 14 heteroatoms. The van der Waals surface area contributed by atoms with Crippen molar-refractivity contribution in [3.8, 4) is 0 Å². The molecule has 1 aliphatic carbocycles. The van der Waals surface area contributed by atoms with Gasteiger partial charge in [0.25, 0.3) is 5.91 Å². The number of nitrogens with zero attached hydrogens (tertiary/aromatic N) is 4. The Hall–Kier alpha value is -4.95. The fourth-order valence-corrected chi connectivity index (χ4v) is 7.55. The molecule has 0 bridgehead atoms. The second kappa shape index (κ2) is 15.0. The Labute approximate surface area is 299 Å². The second-order valence-electron chi connectivity index (χ2n) is 14.0. The van der Waals surface area contributed by atoms with E-state index in [1.54, 1.807) is 0 Å². The third-order valence-corrected chi connectivity index (χ3v) is 10.4. The van der Waals surface area contributed by atoms with E-state index in [1.807, 2.05) is 34.9 Å². The number of carbonyl (C=O) groups is 3. The van der Waals surface area contributed by atoms with Crippen molar-refractivity contribution < 1.29 is 32.7 Å². The molecule has 2 aliphatic heterocycles. The van der Waals surface area contributed by atoms with E-state index in [-0.39, 0.29) is 35.9 Å². The van der Waals surface area contributed by atoms with Crippen molar-refractivity contribution in [1.82, 2.24) is 19.8 Å². The summed E-state index contributed by atoms with van der Waals surface area (Å²) in [5.74, 6) is -0.698. The van der Waals surface area contributed by atoms with Crippen LogP contribution in [0.4, 0.5) is 30.5 Å². The van der Waals surface area contributed by atoms with E-state index in [2.05, 4.69) is 37.9 Å². The van der Waals surface area contributed by atoms with Crippen molar-refractivity contribution >= 4 is 46.1 Å². The second-order valence-corrected chi connectivity index (χ2v) is 14.0. The fraction of sp³-hybridized carbons (Fsp3) is 0.421. The summed E-state index contributed by atoms with van der Waals surface area (Å²) in [6.07, 6.45) is -0.584. The number of alkyl halides is 3. The molecular weight excluding hydrogens is 675 g/mol. The Morgan fingerprint density at radius 3 is 2.42 bits per heavy atom. The molecule has 7 rings (SSSR count). The van der Waals surface area contributed by atoms with Crippen molar-refractivity contribution in [2.45, 2.75) is 63.3 Å². The number of fused-ring (bicyclic) bond motifs is 1. The lowest BCUT2D eigenvalue weighted by atomic mass is 9.86. The number of aliphatic hydroxyl groups excluding tert-OH is 1. The number of piperazine rings is 1. The van der Waals surface area contributed by atoms with E-state index in [0.29, 0.717) is 24.3 Å². The lowest BCUT2D eigenvalue weighted by molar-refractivity contribution is -0.137. The van der Waals surface area contributed by atoms with Gasteiger partial charge in [-0.25, -0.2) is 4.98 Å². The molecule has 3 amide bonds. The summed E-state index contributed by atoms with van der Waals surface area (Å²) in [5, 5.41) is 18.2. The number of imidazole rings is 1. The highest BCUT2D eigenvalue weighted by Gasteiger charge is 2.32. The minimum absolute atomic E-state index is 0.0109. The van der Waals surface area contributed by atoms with Crippen LogP contribution in [0, 0.1) is 5.92 Å². The van der Waals surface area contributed by atoms with E-state index >= 15 is 0 Å².